The van der Waals surface area contributed by atoms with E-state index >= 15 is 0 Å². The summed E-state index contributed by atoms with van der Waals surface area (Å²) in [4.78, 5) is 11.4. The molecule has 0 bridgehead atoms. The molecule has 0 radical (unpaired) electrons. The molecule has 0 aromatic carbocycles. The van der Waals surface area contributed by atoms with E-state index in [-0.39, 0.29) is 0 Å². The lowest BCUT2D eigenvalue weighted by Gasteiger charge is -2.22. The van der Waals surface area contributed by atoms with Gasteiger partial charge in [-0.15, -0.1) is 0 Å². The van der Waals surface area contributed by atoms with Gasteiger partial charge in [0.1, 0.15) is 0 Å². The van der Waals surface area contributed by atoms with Crippen LogP contribution in [0.3, 0.4) is 0 Å². The van der Waals surface area contributed by atoms with Gasteiger partial charge in [0.2, 0.25) is 5.95 Å². The van der Waals surface area contributed by atoms with Crippen LogP contribution in [-0.4, -0.2) is 36.3 Å². The molecule has 17 heavy (non-hydrogen) atoms. The Kier molecular flexibility index (Phi) is 2.54. The normalized spacial score (nSPS) is 28.2. The van der Waals surface area contributed by atoms with Crippen molar-refractivity contribution in [3.63, 3.8) is 0 Å². The van der Waals surface area contributed by atoms with Gasteiger partial charge in [0.25, 0.3) is 0 Å². The van der Waals surface area contributed by atoms with Crippen LogP contribution in [0.4, 0.5) is 5.95 Å². The highest BCUT2D eigenvalue weighted by atomic mass is 16.5. The summed E-state index contributed by atoms with van der Waals surface area (Å²) in [6.07, 6.45) is 2.40. The standard InChI is InChI=1S/C13H19N3O/c1-10-7-11(2)15-12(14-10)16-5-3-13(8-16)4-6-17-9-13/h7H,3-6,8-9H2,1-2H3. The third-order valence-electron chi connectivity index (χ3n) is 3.88. The Bertz CT molecular complexity index is 406. The summed E-state index contributed by atoms with van der Waals surface area (Å²) in [6.45, 7) is 8.00. The maximum atomic E-state index is 5.55. The molecule has 3 rings (SSSR count). The minimum absolute atomic E-state index is 0.376. The van der Waals surface area contributed by atoms with E-state index in [4.69, 9.17) is 4.74 Å². The summed E-state index contributed by atoms with van der Waals surface area (Å²) in [6, 6.07) is 2.02. The highest BCUT2D eigenvalue weighted by molar-refractivity contribution is 5.35. The molecule has 0 saturated carbocycles. The predicted octanol–water partition coefficient (Wildman–Crippen LogP) is 1.71. The molecule has 1 aromatic heterocycles. The molecule has 2 aliphatic rings. The number of ether oxygens (including phenoxy) is 1. The van der Waals surface area contributed by atoms with Gasteiger partial charge in [0.15, 0.2) is 0 Å². The number of aromatic nitrogens is 2. The molecule has 4 heteroatoms. The lowest BCUT2D eigenvalue weighted by Crippen LogP contribution is -2.28. The van der Waals surface area contributed by atoms with Crippen LogP contribution >= 0.6 is 0 Å². The SMILES string of the molecule is Cc1cc(C)nc(N2CCC3(CCOC3)C2)n1. The van der Waals surface area contributed by atoms with Crippen molar-refractivity contribution in [3.8, 4) is 0 Å². The van der Waals surface area contributed by atoms with Crippen LogP contribution < -0.4 is 4.90 Å². The van der Waals surface area contributed by atoms with Crippen LogP contribution in [0.1, 0.15) is 24.2 Å². The van der Waals surface area contributed by atoms with E-state index in [0.717, 1.165) is 43.6 Å². The van der Waals surface area contributed by atoms with E-state index < -0.39 is 0 Å². The second-order valence-corrected chi connectivity index (χ2v) is 5.42. The first-order valence-corrected chi connectivity index (χ1v) is 6.32. The number of rotatable bonds is 1. The van der Waals surface area contributed by atoms with Crippen LogP contribution in [0.25, 0.3) is 0 Å². The molecule has 92 valence electrons. The topological polar surface area (TPSA) is 38.2 Å². The van der Waals surface area contributed by atoms with Gasteiger partial charge in [-0.25, -0.2) is 9.97 Å². The highest BCUT2D eigenvalue weighted by Gasteiger charge is 2.42. The second-order valence-electron chi connectivity index (χ2n) is 5.42. The minimum atomic E-state index is 0.376. The zero-order valence-electron chi connectivity index (χ0n) is 10.6. The number of aryl methyl sites for hydroxylation is 2. The molecule has 2 saturated heterocycles. The first-order chi connectivity index (χ1) is 8.17. The molecule has 0 amide bonds. The Morgan fingerprint density at radius 2 is 2.00 bits per heavy atom. The Morgan fingerprint density at radius 3 is 2.65 bits per heavy atom. The fourth-order valence-electron chi connectivity index (χ4n) is 2.93. The zero-order chi connectivity index (χ0) is 11.9. The molecule has 0 aliphatic carbocycles. The third-order valence-corrected chi connectivity index (χ3v) is 3.88. The first kappa shape index (κ1) is 11.0. The van der Waals surface area contributed by atoms with Crippen molar-refractivity contribution < 1.29 is 4.74 Å². The van der Waals surface area contributed by atoms with Gasteiger partial charge >= 0.3 is 0 Å². The summed E-state index contributed by atoms with van der Waals surface area (Å²) in [5, 5.41) is 0. The van der Waals surface area contributed by atoms with Crippen molar-refractivity contribution in [1.82, 2.24) is 9.97 Å². The molecular weight excluding hydrogens is 214 g/mol. The Morgan fingerprint density at radius 1 is 1.24 bits per heavy atom. The van der Waals surface area contributed by atoms with Crippen LogP contribution in [0, 0.1) is 19.3 Å². The summed E-state index contributed by atoms with van der Waals surface area (Å²) >= 11 is 0. The van der Waals surface area contributed by atoms with E-state index in [0.29, 0.717) is 5.41 Å². The zero-order valence-corrected chi connectivity index (χ0v) is 10.6. The van der Waals surface area contributed by atoms with Gasteiger partial charge in [0, 0.05) is 36.5 Å². The maximum Gasteiger partial charge on any atom is 0.225 e. The lowest BCUT2D eigenvalue weighted by molar-refractivity contribution is 0.160. The molecule has 1 spiro atoms. The van der Waals surface area contributed by atoms with Crippen molar-refractivity contribution in [2.24, 2.45) is 5.41 Å². The monoisotopic (exact) mass is 233 g/mol. The molecule has 4 nitrogen and oxygen atoms in total. The number of anilines is 1. The molecule has 2 fully saturated rings. The average molecular weight is 233 g/mol. The molecule has 2 aliphatic heterocycles. The largest absolute Gasteiger partial charge is 0.381 e. The quantitative estimate of drug-likeness (QED) is 0.740. The lowest BCUT2D eigenvalue weighted by atomic mass is 9.87. The van der Waals surface area contributed by atoms with Gasteiger partial charge in [-0.3, -0.25) is 0 Å². The number of hydrogen-bond donors (Lipinski definition) is 0. The highest BCUT2D eigenvalue weighted by Crippen LogP contribution is 2.39. The van der Waals surface area contributed by atoms with Crippen molar-refractivity contribution in [1.29, 1.82) is 0 Å². The van der Waals surface area contributed by atoms with Gasteiger partial charge in [-0.1, -0.05) is 0 Å². The Hall–Kier alpha value is -1.16. The number of hydrogen-bond acceptors (Lipinski definition) is 4. The van der Waals surface area contributed by atoms with Crippen LogP contribution in [0.2, 0.25) is 0 Å². The van der Waals surface area contributed by atoms with Gasteiger partial charge < -0.3 is 9.64 Å². The minimum Gasteiger partial charge on any atom is -0.381 e. The van der Waals surface area contributed by atoms with Gasteiger partial charge in [0.05, 0.1) is 6.61 Å². The van der Waals surface area contributed by atoms with E-state index in [1.165, 1.54) is 12.8 Å². The summed E-state index contributed by atoms with van der Waals surface area (Å²) in [5.41, 5.74) is 2.48. The summed E-state index contributed by atoms with van der Waals surface area (Å²) in [5.74, 6) is 0.895. The fraction of sp³-hybridized carbons (Fsp3) is 0.692. The molecule has 0 N–H and O–H groups in total. The molecule has 1 aromatic rings. The van der Waals surface area contributed by atoms with E-state index in [1.54, 1.807) is 0 Å². The fourth-order valence-corrected chi connectivity index (χ4v) is 2.93. The summed E-state index contributed by atoms with van der Waals surface area (Å²) in [7, 11) is 0. The van der Waals surface area contributed by atoms with E-state index in [2.05, 4.69) is 14.9 Å². The van der Waals surface area contributed by atoms with Crippen molar-refractivity contribution in [2.75, 3.05) is 31.2 Å². The van der Waals surface area contributed by atoms with Crippen molar-refractivity contribution in [2.45, 2.75) is 26.7 Å². The predicted molar refractivity (Wildman–Crippen MR) is 66.2 cm³/mol. The summed E-state index contributed by atoms with van der Waals surface area (Å²) < 4.78 is 5.55. The van der Waals surface area contributed by atoms with Crippen LogP contribution in [0.15, 0.2) is 6.07 Å². The van der Waals surface area contributed by atoms with Crippen molar-refractivity contribution >= 4 is 5.95 Å². The van der Waals surface area contributed by atoms with Gasteiger partial charge in [-0.05, 0) is 32.8 Å². The molecule has 1 unspecified atom stereocenters. The smallest absolute Gasteiger partial charge is 0.225 e. The Balaban J connectivity index is 1.81. The Labute approximate surface area is 102 Å². The van der Waals surface area contributed by atoms with E-state index in [1.807, 2.05) is 19.9 Å². The third kappa shape index (κ3) is 2.02. The average Bonchev–Trinajstić information content (AvgIpc) is 2.88. The van der Waals surface area contributed by atoms with Crippen LogP contribution in [-0.2, 0) is 4.74 Å². The molecule has 1 atom stereocenters. The maximum absolute atomic E-state index is 5.55. The molecule has 3 heterocycles. The number of nitrogens with zero attached hydrogens (tertiary/aromatic N) is 3. The second kappa shape index (κ2) is 3.95. The van der Waals surface area contributed by atoms with Crippen molar-refractivity contribution in [3.05, 3.63) is 17.5 Å². The van der Waals surface area contributed by atoms with Gasteiger partial charge in [-0.2, -0.15) is 0 Å². The first-order valence-electron chi connectivity index (χ1n) is 6.32. The molecular formula is C13H19N3O. The van der Waals surface area contributed by atoms with E-state index in [9.17, 15) is 0 Å². The van der Waals surface area contributed by atoms with Crippen LogP contribution in [0.5, 0.6) is 0 Å².